The number of Topliss-reactive ketones (excluding diaryl/α,β-unsaturated/α-hetero) is 1. The zero-order chi connectivity index (χ0) is 13.9. The molecule has 0 saturated carbocycles. The summed E-state index contributed by atoms with van der Waals surface area (Å²) in [4.78, 5) is 32.9. The van der Waals surface area contributed by atoms with E-state index in [1.165, 1.54) is 14.2 Å². The van der Waals surface area contributed by atoms with Gasteiger partial charge in [0.1, 0.15) is 5.56 Å². The fraction of sp³-hybridized carbons (Fsp3) is 0.182. The third-order valence-electron chi connectivity index (χ3n) is 2.17. The quantitative estimate of drug-likeness (QED) is 0.586. The Morgan fingerprint density at radius 1 is 1.06 bits per heavy atom. The Balaban J connectivity index is 3.50. The standard InChI is InChI=1S/C11H10O7/c1-17-7-4-5(8(12)11(15)16)3-6(10(13)14)9(7)18-2/h3-4H,1-2H3,(H,13,14)(H,15,16). The highest BCUT2D eigenvalue weighted by Gasteiger charge is 2.23. The maximum absolute atomic E-state index is 11.3. The van der Waals surface area contributed by atoms with E-state index in [4.69, 9.17) is 19.7 Å². The SMILES string of the molecule is COc1cc(C(=O)C(=O)O)cc(C(=O)O)c1OC. The second kappa shape index (κ2) is 5.17. The normalized spacial score (nSPS) is 9.67. The van der Waals surface area contributed by atoms with Crippen molar-refractivity contribution in [2.24, 2.45) is 0 Å². The van der Waals surface area contributed by atoms with Crippen molar-refractivity contribution in [3.05, 3.63) is 23.3 Å². The Hall–Kier alpha value is -2.57. The van der Waals surface area contributed by atoms with Crippen molar-refractivity contribution < 1.29 is 34.1 Å². The van der Waals surface area contributed by atoms with Crippen molar-refractivity contribution in [1.82, 2.24) is 0 Å². The summed E-state index contributed by atoms with van der Waals surface area (Å²) in [5, 5.41) is 17.6. The third-order valence-corrected chi connectivity index (χ3v) is 2.17. The average molecular weight is 254 g/mol. The molecule has 0 aliphatic heterocycles. The number of carbonyl (C=O) groups is 3. The Bertz CT molecular complexity index is 518. The number of rotatable bonds is 5. The van der Waals surface area contributed by atoms with Crippen LogP contribution in [0.2, 0.25) is 0 Å². The molecule has 1 aromatic rings. The lowest BCUT2D eigenvalue weighted by atomic mass is 10.1. The molecule has 7 nitrogen and oxygen atoms in total. The first-order valence-electron chi connectivity index (χ1n) is 4.69. The molecule has 0 saturated heterocycles. The van der Waals surface area contributed by atoms with E-state index in [1.807, 2.05) is 0 Å². The number of methoxy groups -OCH3 is 2. The van der Waals surface area contributed by atoms with Crippen molar-refractivity contribution in [1.29, 1.82) is 0 Å². The number of benzene rings is 1. The van der Waals surface area contributed by atoms with E-state index in [-0.39, 0.29) is 22.6 Å². The summed E-state index contributed by atoms with van der Waals surface area (Å²) in [6.45, 7) is 0. The molecule has 2 N–H and O–H groups in total. The van der Waals surface area contributed by atoms with Crippen LogP contribution in [-0.4, -0.2) is 42.2 Å². The monoisotopic (exact) mass is 254 g/mol. The molecule has 0 unspecified atom stereocenters. The first-order chi connectivity index (χ1) is 8.42. The van der Waals surface area contributed by atoms with Gasteiger partial charge in [0.25, 0.3) is 5.78 Å². The Labute approximate surface area is 102 Å². The third kappa shape index (κ3) is 2.40. The number of ether oxygens (including phenoxy) is 2. The van der Waals surface area contributed by atoms with Crippen LogP contribution in [0.15, 0.2) is 12.1 Å². The summed E-state index contributed by atoms with van der Waals surface area (Å²) < 4.78 is 9.72. The van der Waals surface area contributed by atoms with Gasteiger partial charge in [-0.25, -0.2) is 9.59 Å². The molecule has 18 heavy (non-hydrogen) atoms. The summed E-state index contributed by atoms with van der Waals surface area (Å²) in [5.41, 5.74) is -0.640. The largest absolute Gasteiger partial charge is 0.493 e. The number of ketones is 1. The molecule has 0 heterocycles. The minimum absolute atomic E-state index is 0.0259. The molecular formula is C11H10O7. The molecule has 0 radical (unpaired) electrons. The van der Waals surface area contributed by atoms with Gasteiger partial charge in [0.2, 0.25) is 0 Å². The lowest BCUT2D eigenvalue weighted by Gasteiger charge is -2.11. The van der Waals surface area contributed by atoms with Gasteiger partial charge in [-0.2, -0.15) is 0 Å². The Kier molecular flexibility index (Phi) is 3.88. The highest BCUT2D eigenvalue weighted by atomic mass is 16.5. The van der Waals surface area contributed by atoms with Gasteiger partial charge < -0.3 is 19.7 Å². The van der Waals surface area contributed by atoms with Gasteiger partial charge in [0, 0.05) is 5.56 Å². The van der Waals surface area contributed by atoms with Crippen molar-refractivity contribution in [2.75, 3.05) is 14.2 Å². The molecule has 0 fully saturated rings. The maximum Gasteiger partial charge on any atom is 0.377 e. The number of carboxylic acids is 2. The van der Waals surface area contributed by atoms with Crippen LogP contribution in [0, 0.1) is 0 Å². The van der Waals surface area contributed by atoms with Crippen LogP contribution in [0.1, 0.15) is 20.7 Å². The van der Waals surface area contributed by atoms with Crippen molar-refractivity contribution in [2.45, 2.75) is 0 Å². The molecular weight excluding hydrogens is 244 g/mol. The highest BCUT2D eigenvalue weighted by Crippen LogP contribution is 2.32. The van der Waals surface area contributed by atoms with Crippen LogP contribution in [0.4, 0.5) is 0 Å². The van der Waals surface area contributed by atoms with Crippen LogP contribution in [0.25, 0.3) is 0 Å². The first kappa shape index (κ1) is 13.5. The number of hydrogen-bond donors (Lipinski definition) is 2. The van der Waals surface area contributed by atoms with E-state index >= 15 is 0 Å². The van der Waals surface area contributed by atoms with Gasteiger partial charge in [-0.15, -0.1) is 0 Å². The molecule has 0 bridgehead atoms. The second-order valence-corrected chi connectivity index (χ2v) is 3.20. The first-order valence-corrected chi connectivity index (χ1v) is 4.69. The fourth-order valence-electron chi connectivity index (χ4n) is 1.38. The molecule has 7 heteroatoms. The average Bonchev–Trinajstić information content (AvgIpc) is 2.35. The Morgan fingerprint density at radius 2 is 1.67 bits per heavy atom. The Morgan fingerprint density at radius 3 is 2.06 bits per heavy atom. The number of aromatic carboxylic acids is 1. The van der Waals surface area contributed by atoms with E-state index in [1.54, 1.807) is 0 Å². The zero-order valence-corrected chi connectivity index (χ0v) is 9.59. The molecule has 0 spiro atoms. The van der Waals surface area contributed by atoms with Crippen LogP contribution in [-0.2, 0) is 4.79 Å². The van der Waals surface area contributed by atoms with E-state index in [9.17, 15) is 14.4 Å². The molecule has 1 aromatic carbocycles. The van der Waals surface area contributed by atoms with Gasteiger partial charge in [0.05, 0.1) is 14.2 Å². The predicted octanol–water partition coefficient (Wildman–Crippen LogP) is 0.669. The summed E-state index contributed by atoms with van der Waals surface area (Å²) in [5.74, 6) is -4.36. The maximum atomic E-state index is 11.3. The van der Waals surface area contributed by atoms with E-state index < -0.39 is 17.7 Å². The molecule has 0 amide bonds. The molecule has 0 aromatic heterocycles. The summed E-state index contributed by atoms with van der Waals surface area (Å²) >= 11 is 0. The second-order valence-electron chi connectivity index (χ2n) is 3.20. The van der Waals surface area contributed by atoms with E-state index in [2.05, 4.69) is 0 Å². The zero-order valence-electron chi connectivity index (χ0n) is 9.59. The lowest BCUT2D eigenvalue weighted by Crippen LogP contribution is -2.14. The van der Waals surface area contributed by atoms with Crippen LogP contribution >= 0.6 is 0 Å². The van der Waals surface area contributed by atoms with Gasteiger partial charge in [0.15, 0.2) is 11.5 Å². The van der Waals surface area contributed by atoms with Crippen molar-refractivity contribution >= 4 is 17.7 Å². The van der Waals surface area contributed by atoms with Gasteiger partial charge in [-0.1, -0.05) is 0 Å². The van der Waals surface area contributed by atoms with Crippen LogP contribution in [0.5, 0.6) is 11.5 Å². The molecule has 0 atom stereocenters. The number of hydrogen-bond acceptors (Lipinski definition) is 5. The molecule has 0 aliphatic carbocycles. The number of carboxylic acid groups (broad SMARTS) is 2. The predicted molar refractivity (Wildman–Crippen MR) is 58.5 cm³/mol. The topological polar surface area (TPSA) is 110 Å². The van der Waals surface area contributed by atoms with Crippen molar-refractivity contribution in [3.63, 3.8) is 0 Å². The molecule has 1 rings (SSSR count). The highest BCUT2D eigenvalue weighted by molar-refractivity contribution is 6.40. The summed E-state index contributed by atoms with van der Waals surface area (Å²) in [7, 11) is 2.49. The van der Waals surface area contributed by atoms with Gasteiger partial charge in [-0.3, -0.25) is 4.79 Å². The molecule has 96 valence electrons. The van der Waals surface area contributed by atoms with Crippen LogP contribution < -0.4 is 9.47 Å². The van der Waals surface area contributed by atoms with E-state index in [0.29, 0.717) is 0 Å². The number of aliphatic carboxylic acids is 1. The smallest absolute Gasteiger partial charge is 0.377 e. The summed E-state index contributed by atoms with van der Waals surface area (Å²) in [6, 6.07) is 2.04. The van der Waals surface area contributed by atoms with Crippen LogP contribution in [0.3, 0.4) is 0 Å². The summed E-state index contributed by atoms with van der Waals surface area (Å²) in [6.07, 6.45) is 0. The minimum Gasteiger partial charge on any atom is -0.493 e. The van der Waals surface area contributed by atoms with Crippen molar-refractivity contribution in [3.8, 4) is 11.5 Å². The van der Waals surface area contributed by atoms with Gasteiger partial charge in [-0.05, 0) is 12.1 Å². The number of carbonyl (C=O) groups excluding carboxylic acids is 1. The van der Waals surface area contributed by atoms with Gasteiger partial charge >= 0.3 is 11.9 Å². The lowest BCUT2D eigenvalue weighted by molar-refractivity contribution is -0.131. The molecule has 0 aliphatic rings. The fourth-order valence-corrected chi connectivity index (χ4v) is 1.38. The van der Waals surface area contributed by atoms with E-state index in [0.717, 1.165) is 12.1 Å². The minimum atomic E-state index is -1.68.